The first kappa shape index (κ1) is 9.78. The van der Waals surface area contributed by atoms with E-state index in [1.54, 1.807) is 12.1 Å². The molecule has 0 atom stereocenters. The van der Waals surface area contributed by atoms with E-state index >= 15 is 0 Å². The van der Waals surface area contributed by atoms with Crippen molar-refractivity contribution in [2.45, 2.75) is 12.2 Å². The maximum Gasteiger partial charge on any atom is 0.117 e. The van der Waals surface area contributed by atoms with Crippen molar-refractivity contribution in [1.82, 2.24) is 9.78 Å². The van der Waals surface area contributed by atoms with Gasteiger partial charge in [-0.05, 0) is 29.9 Å². The van der Waals surface area contributed by atoms with Crippen LogP contribution in [0.5, 0.6) is 5.75 Å². The van der Waals surface area contributed by atoms with Gasteiger partial charge in [-0.25, -0.2) is 4.68 Å². The molecule has 1 aliphatic heterocycles. The predicted octanol–water partition coefficient (Wildman–Crippen LogP) is 2.37. The van der Waals surface area contributed by atoms with E-state index in [2.05, 4.69) is 5.10 Å². The minimum absolute atomic E-state index is 0.283. The molecule has 0 unspecified atom stereocenters. The Morgan fingerprint density at radius 3 is 3.19 bits per heavy atom. The van der Waals surface area contributed by atoms with Crippen molar-refractivity contribution in [3.63, 3.8) is 0 Å². The Labute approximate surface area is 98.1 Å². The molecule has 1 aromatic heterocycles. The zero-order valence-electron chi connectivity index (χ0n) is 8.76. The molecule has 3 rings (SSSR count). The Balaban J connectivity index is 2.09. The maximum atomic E-state index is 9.47. The summed E-state index contributed by atoms with van der Waals surface area (Å²) >= 11 is 1.93. The zero-order chi connectivity index (χ0) is 11.0. The molecule has 82 valence electrons. The Morgan fingerprint density at radius 1 is 1.38 bits per heavy atom. The molecule has 1 aliphatic rings. The topological polar surface area (TPSA) is 38.0 Å². The van der Waals surface area contributed by atoms with Gasteiger partial charge in [0.1, 0.15) is 5.75 Å². The summed E-state index contributed by atoms with van der Waals surface area (Å²) in [6, 6.07) is 7.22. The lowest BCUT2D eigenvalue weighted by Gasteiger charge is -2.13. The van der Waals surface area contributed by atoms with Crippen LogP contribution in [-0.4, -0.2) is 20.6 Å². The van der Waals surface area contributed by atoms with Crippen LogP contribution in [0.3, 0.4) is 0 Å². The van der Waals surface area contributed by atoms with Crippen molar-refractivity contribution >= 4 is 11.8 Å². The lowest BCUT2D eigenvalue weighted by Crippen LogP contribution is -2.06. The van der Waals surface area contributed by atoms with Gasteiger partial charge in [0.15, 0.2) is 0 Å². The molecule has 0 amide bonds. The highest BCUT2D eigenvalue weighted by atomic mass is 32.2. The number of thioether (sulfide) groups is 1. The molecule has 0 radical (unpaired) electrons. The van der Waals surface area contributed by atoms with Crippen LogP contribution in [0, 0.1) is 0 Å². The summed E-state index contributed by atoms with van der Waals surface area (Å²) < 4.78 is 1.93. The van der Waals surface area contributed by atoms with Gasteiger partial charge in [0.25, 0.3) is 0 Å². The molecule has 0 aliphatic carbocycles. The number of nitrogens with zero attached hydrogens (tertiary/aromatic N) is 2. The molecule has 0 spiro atoms. The molecule has 16 heavy (non-hydrogen) atoms. The van der Waals surface area contributed by atoms with Gasteiger partial charge < -0.3 is 5.11 Å². The molecular formula is C12H12N2OS. The van der Waals surface area contributed by atoms with E-state index in [0.717, 1.165) is 17.9 Å². The van der Waals surface area contributed by atoms with Crippen LogP contribution in [-0.2, 0) is 12.2 Å². The van der Waals surface area contributed by atoms with Crippen LogP contribution in [0.15, 0.2) is 30.5 Å². The van der Waals surface area contributed by atoms with Crippen LogP contribution in [0.4, 0.5) is 0 Å². The number of phenolic OH excluding ortho intramolecular Hbond substituents is 1. The van der Waals surface area contributed by atoms with E-state index in [1.807, 2.05) is 34.8 Å². The largest absolute Gasteiger partial charge is 0.508 e. The number of benzene rings is 1. The fraction of sp³-hybridized carbons (Fsp3) is 0.250. The van der Waals surface area contributed by atoms with E-state index in [9.17, 15) is 5.11 Å². The van der Waals surface area contributed by atoms with Gasteiger partial charge in [-0.3, -0.25) is 0 Å². The average Bonchev–Trinajstić information content (AvgIpc) is 2.72. The lowest BCUT2D eigenvalue weighted by molar-refractivity contribution is 0.474. The van der Waals surface area contributed by atoms with E-state index in [0.29, 0.717) is 0 Å². The normalized spacial score (nSPS) is 14.8. The average molecular weight is 232 g/mol. The van der Waals surface area contributed by atoms with Gasteiger partial charge in [0, 0.05) is 11.8 Å². The minimum Gasteiger partial charge on any atom is -0.508 e. The van der Waals surface area contributed by atoms with Gasteiger partial charge in [-0.2, -0.15) is 16.9 Å². The van der Waals surface area contributed by atoms with E-state index in [4.69, 9.17) is 0 Å². The number of aromatic nitrogens is 2. The summed E-state index contributed by atoms with van der Waals surface area (Å²) in [7, 11) is 0. The SMILES string of the molecule is Oc1cccc(-n2ncc3c2CSCC3)c1. The third kappa shape index (κ3) is 1.59. The Morgan fingerprint density at radius 2 is 2.31 bits per heavy atom. The molecule has 1 aromatic carbocycles. The first-order chi connectivity index (χ1) is 7.84. The first-order valence-corrected chi connectivity index (χ1v) is 6.43. The number of fused-ring (bicyclic) bond motifs is 1. The first-order valence-electron chi connectivity index (χ1n) is 5.27. The number of aryl methyl sites for hydroxylation is 1. The highest BCUT2D eigenvalue weighted by Gasteiger charge is 2.16. The van der Waals surface area contributed by atoms with Crippen LogP contribution in [0.1, 0.15) is 11.3 Å². The van der Waals surface area contributed by atoms with Gasteiger partial charge in [-0.15, -0.1) is 0 Å². The summed E-state index contributed by atoms with van der Waals surface area (Å²) in [5, 5.41) is 13.9. The van der Waals surface area contributed by atoms with E-state index in [1.165, 1.54) is 17.0 Å². The van der Waals surface area contributed by atoms with Crippen LogP contribution in [0.25, 0.3) is 5.69 Å². The van der Waals surface area contributed by atoms with Crippen molar-refractivity contribution < 1.29 is 5.11 Å². The number of hydrogen-bond donors (Lipinski definition) is 1. The highest BCUT2D eigenvalue weighted by molar-refractivity contribution is 7.98. The lowest BCUT2D eigenvalue weighted by atomic mass is 10.2. The molecule has 4 heteroatoms. The molecule has 0 bridgehead atoms. The van der Waals surface area contributed by atoms with Gasteiger partial charge in [0.2, 0.25) is 0 Å². The standard InChI is InChI=1S/C12H12N2OS/c15-11-3-1-2-10(6-11)14-12-8-16-5-4-9(12)7-13-14/h1-3,6-7,15H,4-5,8H2. The monoisotopic (exact) mass is 232 g/mol. The second-order valence-electron chi connectivity index (χ2n) is 3.85. The summed E-state index contributed by atoms with van der Waals surface area (Å²) in [6.07, 6.45) is 3.04. The van der Waals surface area contributed by atoms with Crippen molar-refractivity contribution in [2.24, 2.45) is 0 Å². The predicted molar refractivity (Wildman–Crippen MR) is 65.1 cm³/mol. The Hall–Kier alpha value is -1.42. The van der Waals surface area contributed by atoms with Crippen molar-refractivity contribution in [3.05, 3.63) is 41.7 Å². The smallest absolute Gasteiger partial charge is 0.117 e. The number of rotatable bonds is 1. The summed E-state index contributed by atoms with van der Waals surface area (Å²) in [4.78, 5) is 0. The number of aromatic hydroxyl groups is 1. The molecule has 0 saturated carbocycles. The molecule has 0 saturated heterocycles. The van der Waals surface area contributed by atoms with E-state index in [-0.39, 0.29) is 5.75 Å². The van der Waals surface area contributed by atoms with Gasteiger partial charge in [-0.1, -0.05) is 6.07 Å². The second kappa shape index (κ2) is 3.87. The van der Waals surface area contributed by atoms with Crippen LogP contribution in [0.2, 0.25) is 0 Å². The molecule has 2 aromatic rings. The minimum atomic E-state index is 0.283. The second-order valence-corrected chi connectivity index (χ2v) is 4.96. The van der Waals surface area contributed by atoms with Gasteiger partial charge in [0.05, 0.1) is 17.6 Å². The molecule has 1 N–H and O–H groups in total. The fourth-order valence-corrected chi connectivity index (χ4v) is 2.98. The van der Waals surface area contributed by atoms with Crippen molar-refractivity contribution in [2.75, 3.05) is 5.75 Å². The van der Waals surface area contributed by atoms with Crippen LogP contribution < -0.4 is 0 Å². The summed E-state index contributed by atoms with van der Waals surface area (Å²) in [5.41, 5.74) is 3.53. The van der Waals surface area contributed by atoms with Crippen molar-refractivity contribution in [1.29, 1.82) is 0 Å². The molecular weight excluding hydrogens is 220 g/mol. The number of hydrogen-bond acceptors (Lipinski definition) is 3. The third-order valence-electron chi connectivity index (χ3n) is 2.78. The highest BCUT2D eigenvalue weighted by Crippen LogP contribution is 2.27. The molecule has 0 fully saturated rings. The van der Waals surface area contributed by atoms with Gasteiger partial charge >= 0.3 is 0 Å². The zero-order valence-corrected chi connectivity index (χ0v) is 9.57. The Kier molecular flexibility index (Phi) is 2.36. The van der Waals surface area contributed by atoms with E-state index < -0.39 is 0 Å². The Bertz CT molecular complexity index is 521. The maximum absolute atomic E-state index is 9.47. The van der Waals surface area contributed by atoms with Crippen molar-refractivity contribution in [3.8, 4) is 11.4 Å². The molecule has 2 heterocycles. The molecule has 3 nitrogen and oxygen atoms in total. The third-order valence-corrected chi connectivity index (χ3v) is 3.75. The van der Waals surface area contributed by atoms with Crippen LogP contribution >= 0.6 is 11.8 Å². The fourth-order valence-electron chi connectivity index (χ4n) is 1.97. The quantitative estimate of drug-likeness (QED) is 0.820. The summed E-state index contributed by atoms with van der Waals surface area (Å²) in [6.45, 7) is 0. The number of phenols is 1. The summed E-state index contributed by atoms with van der Waals surface area (Å²) in [5.74, 6) is 2.47.